The minimum Gasteiger partial charge on any atom is -0.271 e. The second kappa shape index (κ2) is 6.45. The molecule has 3 heteroatoms. The van der Waals surface area contributed by atoms with Gasteiger partial charge in [-0.3, -0.25) is 11.3 Å². The van der Waals surface area contributed by atoms with Crippen molar-refractivity contribution >= 4 is 0 Å². The molecule has 19 heavy (non-hydrogen) atoms. The lowest BCUT2D eigenvalue weighted by atomic mass is 9.98. The molecule has 0 amide bonds. The van der Waals surface area contributed by atoms with Gasteiger partial charge in [0, 0.05) is 6.04 Å². The summed E-state index contributed by atoms with van der Waals surface area (Å²) < 4.78 is 12.9. The van der Waals surface area contributed by atoms with Crippen LogP contribution in [0.2, 0.25) is 0 Å². The van der Waals surface area contributed by atoms with E-state index < -0.39 is 0 Å². The predicted octanol–water partition coefficient (Wildman–Crippen LogP) is 3.14. The van der Waals surface area contributed by atoms with E-state index in [2.05, 4.69) is 36.6 Å². The Kier molecular flexibility index (Phi) is 4.66. The molecule has 0 fully saturated rings. The minimum absolute atomic E-state index is 0.00641. The summed E-state index contributed by atoms with van der Waals surface area (Å²) in [7, 11) is 0. The molecule has 0 aliphatic rings. The summed E-state index contributed by atoms with van der Waals surface area (Å²) in [4.78, 5) is 0. The van der Waals surface area contributed by atoms with Crippen molar-refractivity contribution < 1.29 is 4.39 Å². The fourth-order valence-electron chi connectivity index (χ4n) is 2.11. The van der Waals surface area contributed by atoms with Gasteiger partial charge in [-0.1, -0.05) is 43.3 Å². The number of halogens is 1. The zero-order chi connectivity index (χ0) is 13.7. The van der Waals surface area contributed by atoms with Gasteiger partial charge < -0.3 is 0 Å². The number of hydrogen-bond donors (Lipinski definition) is 2. The molecular weight excluding hydrogens is 239 g/mol. The molecule has 0 spiro atoms. The van der Waals surface area contributed by atoms with Crippen molar-refractivity contribution in [2.24, 2.45) is 5.84 Å². The first-order valence-electron chi connectivity index (χ1n) is 6.52. The largest absolute Gasteiger partial charge is 0.271 e. The Morgan fingerprint density at radius 3 is 2.11 bits per heavy atom. The van der Waals surface area contributed by atoms with Crippen LogP contribution in [-0.2, 0) is 12.8 Å². The number of aryl methyl sites for hydroxylation is 1. The van der Waals surface area contributed by atoms with Crippen LogP contribution < -0.4 is 11.3 Å². The fourth-order valence-corrected chi connectivity index (χ4v) is 2.11. The highest BCUT2D eigenvalue weighted by Gasteiger charge is 2.10. The number of rotatable bonds is 5. The molecule has 0 radical (unpaired) electrons. The maximum atomic E-state index is 12.9. The number of benzene rings is 2. The maximum Gasteiger partial charge on any atom is 0.123 e. The molecule has 2 rings (SSSR count). The lowest BCUT2D eigenvalue weighted by Gasteiger charge is -2.16. The Morgan fingerprint density at radius 1 is 1.00 bits per heavy atom. The van der Waals surface area contributed by atoms with Crippen LogP contribution in [0.3, 0.4) is 0 Å². The molecule has 0 saturated carbocycles. The highest BCUT2D eigenvalue weighted by molar-refractivity contribution is 5.26. The Morgan fingerprint density at radius 2 is 1.58 bits per heavy atom. The van der Waals surface area contributed by atoms with Crippen LogP contribution in [0.15, 0.2) is 48.5 Å². The van der Waals surface area contributed by atoms with E-state index in [4.69, 9.17) is 5.84 Å². The first kappa shape index (κ1) is 13.7. The molecule has 3 N–H and O–H groups in total. The van der Waals surface area contributed by atoms with Gasteiger partial charge in [0.1, 0.15) is 5.82 Å². The summed E-state index contributed by atoms with van der Waals surface area (Å²) in [6.45, 7) is 2.14. The van der Waals surface area contributed by atoms with Gasteiger partial charge in [-0.05, 0) is 41.7 Å². The maximum absolute atomic E-state index is 12.9. The SMILES string of the molecule is CCc1ccc(CC(NN)c2ccc(F)cc2)cc1. The van der Waals surface area contributed by atoms with E-state index in [0.717, 1.165) is 18.4 Å². The van der Waals surface area contributed by atoms with E-state index in [0.29, 0.717) is 0 Å². The molecule has 2 aromatic rings. The van der Waals surface area contributed by atoms with Crippen LogP contribution in [-0.4, -0.2) is 0 Å². The van der Waals surface area contributed by atoms with Gasteiger partial charge in [0.15, 0.2) is 0 Å². The van der Waals surface area contributed by atoms with Gasteiger partial charge in [-0.15, -0.1) is 0 Å². The molecule has 0 aromatic heterocycles. The van der Waals surface area contributed by atoms with Gasteiger partial charge in [-0.25, -0.2) is 4.39 Å². The van der Waals surface area contributed by atoms with Crippen molar-refractivity contribution in [3.8, 4) is 0 Å². The predicted molar refractivity (Wildman–Crippen MR) is 76.0 cm³/mol. The molecule has 2 nitrogen and oxygen atoms in total. The Labute approximate surface area is 113 Å². The van der Waals surface area contributed by atoms with Crippen molar-refractivity contribution in [2.45, 2.75) is 25.8 Å². The molecule has 0 aliphatic heterocycles. The van der Waals surface area contributed by atoms with Gasteiger partial charge in [0.05, 0.1) is 0 Å². The van der Waals surface area contributed by atoms with Gasteiger partial charge >= 0.3 is 0 Å². The average Bonchev–Trinajstić information content (AvgIpc) is 2.46. The Bertz CT molecular complexity index is 505. The van der Waals surface area contributed by atoms with Crippen LogP contribution in [0.5, 0.6) is 0 Å². The average molecular weight is 258 g/mol. The van der Waals surface area contributed by atoms with Crippen molar-refractivity contribution in [3.63, 3.8) is 0 Å². The van der Waals surface area contributed by atoms with Crippen molar-refractivity contribution in [3.05, 3.63) is 71.0 Å². The van der Waals surface area contributed by atoms with E-state index in [1.165, 1.54) is 23.3 Å². The van der Waals surface area contributed by atoms with Crippen molar-refractivity contribution in [1.82, 2.24) is 5.43 Å². The molecule has 1 atom stereocenters. The molecule has 2 aromatic carbocycles. The normalized spacial score (nSPS) is 12.4. The van der Waals surface area contributed by atoms with E-state index >= 15 is 0 Å². The second-order valence-electron chi connectivity index (χ2n) is 4.64. The first-order chi connectivity index (χ1) is 9.22. The number of hydrazine groups is 1. The number of nitrogens with one attached hydrogen (secondary N) is 1. The molecule has 0 heterocycles. The van der Waals surface area contributed by atoms with E-state index in [1.54, 1.807) is 12.1 Å². The summed E-state index contributed by atoms with van der Waals surface area (Å²) in [5, 5.41) is 0. The van der Waals surface area contributed by atoms with E-state index in [9.17, 15) is 4.39 Å². The van der Waals surface area contributed by atoms with Crippen molar-refractivity contribution in [1.29, 1.82) is 0 Å². The van der Waals surface area contributed by atoms with Crippen LogP contribution in [0, 0.1) is 5.82 Å². The Hall–Kier alpha value is -1.71. The second-order valence-corrected chi connectivity index (χ2v) is 4.64. The lowest BCUT2D eigenvalue weighted by Crippen LogP contribution is -2.29. The summed E-state index contributed by atoms with van der Waals surface area (Å²) >= 11 is 0. The summed E-state index contributed by atoms with van der Waals surface area (Å²) in [6, 6.07) is 14.9. The van der Waals surface area contributed by atoms with Crippen LogP contribution in [0.25, 0.3) is 0 Å². The molecule has 0 saturated heterocycles. The lowest BCUT2D eigenvalue weighted by molar-refractivity contribution is 0.549. The van der Waals surface area contributed by atoms with E-state index in [1.807, 2.05) is 0 Å². The van der Waals surface area contributed by atoms with Gasteiger partial charge in [-0.2, -0.15) is 0 Å². The Balaban J connectivity index is 2.11. The third-order valence-electron chi connectivity index (χ3n) is 3.34. The van der Waals surface area contributed by atoms with E-state index in [-0.39, 0.29) is 11.9 Å². The molecule has 0 bridgehead atoms. The zero-order valence-corrected chi connectivity index (χ0v) is 11.1. The zero-order valence-electron chi connectivity index (χ0n) is 11.1. The van der Waals surface area contributed by atoms with Crippen LogP contribution in [0.4, 0.5) is 4.39 Å². The quantitative estimate of drug-likeness (QED) is 0.638. The number of hydrogen-bond acceptors (Lipinski definition) is 2. The highest BCUT2D eigenvalue weighted by Crippen LogP contribution is 2.18. The molecule has 1 unspecified atom stereocenters. The van der Waals surface area contributed by atoms with Gasteiger partial charge in [0.2, 0.25) is 0 Å². The third kappa shape index (κ3) is 3.63. The van der Waals surface area contributed by atoms with Crippen LogP contribution >= 0.6 is 0 Å². The summed E-state index contributed by atoms with van der Waals surface area (Å²) in [5.74, 6) is 5.37. The highest BCUT2D eigenvalue weighted by atomic mass is 19.1. The molecule has 100 valence electrons. The minimum atomic E-state index is -0.230. The van der Waals surface area contributed by atoms with Crippen LogP contribution in [0.1, 0.15) is 29.7 Å². The topological polar surface area (TPSA) is 38.0 Å². The molecule has 0 aliphatic carbocycles. The monoisotopic (exact) mass is 258 g/mol. The number of nitrogens with two attached hydrogens (primary N) is 1. The summed E-state index contributed by atoms with van der Waals surface area (Å²) in [6.07, 6.45) is 1.82. The third-order valence-corrected chi connectivity index (χ3v) is 3.34. The molecular formula is C16H19FN2. The van der Waals surface area contributed by atoms with Gasteiger partial charge in [0.25, 0.3) is 0 Å². The first-order valence-corrected chi connectivity index (χ1v) is 6.52. The standard InChI is InChI=1S/C16H19FN2/c1-2-12-3-5-13(6-4-12)11-16(19-18)14-7-9-15(17)10-8-14/h3-10,16,19H,2,11,18H2,1H3. The fraction of sp³-hybridized carbons (Fsp3) is 0.250. The summed E-state index contributed by atoms with van der Waals surface area (Å²) in [5.41, 5.74) is 6.32. The van der Waals surface area contributed by atoms with Crippen molar-refractivity contribution in [2.75, 3.05) is 0 Å². The smallest absolute Gasteiger partial charge is 0.123 e.